The van der Waals surface area contributed by atoms with Crippen molar-refractivity contribution < 1.29 is 13.2 Å². The Morgan fingerprint density at radius 2 is 1.74 bits per heavy atom. The zero-order chi connectivity index (χ0) is 22.0. The van der Waals surface area contributed by atoms with E-state index in [2.05, 4.69) is 25.2 Å². The second-order valence-corrected chi connectivity index (χ2v) is 8.95. The molecule has 1 aromatic carbocycles. The molecule has 0 unspecified atom stereocenters. The number of fused-ring (bicyclic) bond motifs is 1. The summed E-state index contributed by atoms with van der Waals surface area (Å²) in [7, 11) is -3.87. The summed E-state index contributed by atoms with van der Waals surface area (Å²) >= 11 is 11.6. The zero-order valence-corrected chi connectivity index (χ0v) is 18.0. The maximum atomic E-state index is 12.5. The van der Waals surface area contributed by atoms with Crippen LogP contribution in [-0.4, -0.2) is 33.9 Å². The molecule has 3 heterocycles. The second-order valence-electron chi connectivity index (χ2n) is 6.44. The molecule has 0 saturated heterocycles. The highest BCUT2D eigenvalue weighted by Crippen LogP contribution is 2.18. The molecule has 0 spiro atoms. The van der Waals surface area contributed by atoms with Gasteiger partial charge in [0.15, 0.2) is 11.0 Å². The summed E-state index contributed by atoms with van der Waals surface area (Å²) < 4.78 is 28.9. The minimum Gasteiger partial charge on any atom is -0.326 e. The van der Waals surface area contributed by atoms with Gasteiger partial charge in [-0.3, -0.25) is 9.52 Å². The van der Waals surface area contributed by atoms with Crippen molar-refractivity contribution in [3.63, 3.8) is 0 Å². The number of rotatable bonds is 6. The lowest BCUT2D eigenvalue weighted by Gasteiger charge is -2.08. The largest absolute Gasteiger partial charge is 0.326 e. The van der Waals surface area contributed by atoms with Crippen molar-refractivity contribution >= 4 is 56.3 Å². The van der Waals surface area contributed by atoms with Crippen LogP contribution in [0.4, 0.5) is 11.5 Å². The Hall–Kier alpha value is -3.21. The number of benzene rings is 1. The molecule has 4 rings (SSSR count). The van der Waals surface area contributed by atoms with E-state index in [1.165, 1.54) is 36.4 Å². The van der Waals surface area contributed by atoms with Crippen LogP contribution >= 0.6 is 23.2 Å². The number of nitrogens with zero attached hydrogens (tertiary/aromatic N) is 4. The quantitative estimate of drug-likeness (QED) is 0.440. The molecule has 158 valence electrons. The first-order chi connectivity index (χ1) is 14.8. The highest BCUT2D eigenvalue weighted by molar-refractivity contribution is 7.92. The van der Waals surface area contributed by atoms with Crippen molar-refractivity contribution in [1.29, 1.82) is 0 Å². The van der Waals surface area contributed by atoms with Crippen molar-refractivity contribution in [2.24, 2.45) is 0 Å². The molecule has 31 heavy (non-hydrogen) atoms. The van der Waals surface area contributed by atoms with Crippen LogP contribution in [0.1, 0.15) is 5.69 Å². The lowest BCUT2D eigenvalue weighted by Crippen LogP contribution is -2.16. The Balaban J connectivity index is 1.41. The van der Waals surface area contributed by atoms with Crippen molar-refractivity contribution in [2.75, 3.05) is 10.0 Å². The summed E-state index contributed by atoms with van der Waals surface area (Å²) in [5.41, 5.74) is 1.70. The van der Waals surface area contributed by atoms with E-state index in [1.54, 1.807) is 28.9 Å². The molecule has 0 aliphatic carbocycles. The van der Waals surface area contributed by atoms with Crippen LogP contribution in [0.2, 0.25) is 10.2 Å². The van der Waals surface area contributed by atoms with E-state index in [0.29, 0.717) is 22.1 Å². The van der Waals surface area contributed by atoms with E-state index in [1.807, 2.05) is 0 Å². The van der Waals surface area contributed by atoms with Gasteiger partial charge in [0.2, 0.25) is 5.91 Å². The number of imidazole rings is 1. The Morgan fingerprint density at radius 3 is 2.45 bits per heavy atom. The lowest BCUT2D eigenvalue weighted by atomic mass is 10.3. The smallest absolute Gasteiger partial charge is 0.263 e. The first kappa shape index (κ1) is 21.0. The average molecular weight is 477 g/mol. The fourth-order valence-electron chi connectivity index (χ4n) is 2.76. The monoisotopic (exact) mass is 476 g/mol. The molecule has 1 amide bonds. The van der Waals surface area contributed by atoms with E-state index < -0.39 is 10.0 Å². The number of hydrogen-bond donors (Lipinski definition) is 2. The average Bonchev–Trinajstić information content (AvgIpc) is 3.11. The van der Waals surface area contributed by atoms with Crippen LogP contribution in [0.15, 0.2) is 65.8 Å². The molecule has 12 heteroatoms. The van der Waals surface area contributed by atoms with Crippen molar-refractivity contribution in [3.8, 4) is 0 Å². The number of hydrogen-bond acceptors (Lipinski definition) is 6. The van der Waals surface area contributed by atoms with Crippen LogP contribution in [-0.2, 0) is 21.2 Å². The number of anilines is 2. The highest BCUT2D eigenvalue weighted by Gasteiger charge is 2.16. The predicted molar refractivity (Wildman–Crippen MR) is 117 cm³/mol. The van der Waals surface area contributed by atoms with Gasteiger partial charge in [0.05, 0.1) is 22.0 Å². The van der Waals surface area contributed by atoms with Gasteiger partial charge < -0.3 is 9.72 Å². The van der Waals surface area contributed by atoms with Crippen LogP contribution in [0.25, 0.3) is 5.65 Å². The molecule has 0 saturated carbocycles. The summed E-state index contributed by atoms with van der Waals surface area (Å²) in [6.07, 6.45) is 3.48. The van der Waals surface area contributed by atoms with Gasteiger partial charge in [-0.2, -0.15) is 0 Å². The highest BCUT2D eigenvalue weighted by atomic mass is 35.5. The van der Waals surface area contributed by atoms with Gasteiger partial charge in [-0.25, -0.2) is 13.4 Å². The molecule has 9 nitrogen and oxygen atoms in total. The fraction of sp³-hybridized carbons (Fsp3) is 0.0526. The zero-order valence-electron chi connectivity index (χ0n) is 15.7. The Bertz CT molecular complexity index is 1360. The maximum absolute atomic E-state index is 12.5. The van der Waals surface area contributed by atoms with Gasteiger partial charge >= 0.3 is 0 Å². The fourth-order valence-corrected chi connectivity index (χ4v) is 4.02. The van der Waals surface area contributed by atoms with Crippen LogP contribution in [0.5, 0.6) is 0 Å². The first-order valence-electron chi connectivity index (χ1n) is 8.84. The molecule has 0 bridgehead atoms. The van der Waals surface area contributed by atoms with E-state index in [0.717, 1.165) is 0 Å². The molecule has 0 atom stereocenters. The van der Waals surface area contributed by atoms with Gasteiger partial charge in [0, 0.05) is 18.1 Å². The van der Waals surface area contributed by atoms with Crippen LogP contribution < -0.4 is 10.0 Å². The maximum Gasteiger partial charge on any atom is 0.263 e. The van der Waals surface area contributed by atoms with Gasteiger partial charge in [0.25, 0.3) is 10.0 Å². The molecular weight excluding hydrogens is 463 g/mol. The molecule has 4 aromatic rings. The van der Waals surface area contributed by atoms with Gasteiger partial charge in [-0.05, 0) is 48.5 Å². The number of nitrogens with one attached hydrogen (secondary N) is 2. The number of carbonyl (C=O) groups is 1. The Kier molecular flexibility index (Phi) is 5.77. The Labute approximate surface area is 187 Å². The predicted octanol–water partition coefficient (Wildman–Crippen LogP) is 3.41. The molecule has 0 fully saturated rings. The summed E-state index contributed by atoms with van der Waals surface area (Å²) in [5, 5.41) is 10.7. The topological polar surface area (TPSA) is 118 Å². The normalized spacial score (nSPS) is 11.4. The van der Waals surface area contributed by atoms with E-state index in [-0.39, 0.29) is 28.2 Å². The van der Waals surface area contributed by atoms with Gasteiger partial charge in [-0.1, -0.05) is 23.2 Å². The van der Waals surface area contributed by atoms with Crippen LogP contribution in [0.3, 0.4) is 0 Å². The van der Waals surface area contributed by atoms with Gasteiger partial charge in [-0.15, -0.1) is 10.2 Å². The second kappa shape index (κ2) is 8.50. The number of pyridine rings is 1. The first-order valence-corrected chi connectivity index (χ1v) is 11.1. The van der Waals surface area contributed by atoms with Crippen LogP contribution in [0, 0.1) is 0 Å². The number of carbonyl (C=O) groups excluding carboxylic acids is 1. The third-order valence-electron chi connectivity index (χ3n) is 4.13. The Morgan fingerprint density at radius 1 is 0.968 bits per heavy atom. The number of aromatic nitrogens is 4. The summed E-state index contributed by atoms with van der Waals surface area (Å²) in [6.45, 7) is 0. The molecule has 0 aliphatic heterocycles. The molecular formula is C19H14Cl2N6O3S. The van der Waals surface area contributed by atoms with Crippen molar-refractivity contribution in [1.82, 2.24) is 19.6 Å². The van der Waals surface area contributed by atoms with Crippen molar-refractivity contribution in [3.05, 3.63) is 76.8 Å². The van der Waals surface area contributed by atoms with Gasteiger partial charge in [0.1, 0.15) is 5.65 Å². The molecule has 0 radical (unpaired) electrons. The third-order valence-corrected chi connectivity index (χ3v) is 5.92. The molecule has 3 aromatic heterocycles. The summed E-state index contributed by atoms with van der Waals surface area (Å²) in [5.74, 6) is -0.254. The number of sulfonamides is 1. The molecule has 2 N–H and O–H groups in total. The standard InChI is InChI=1S/C19H14Cl2N6O3S/c20-12-1-8-18-22-14(11-27(18)10-12)9-19(28)23-13-2-4-15(5-3-13)31(29,30)26-17-7-6-16(21)24-25-17/h1-8,10-11H,9H2,(H,23,28)(H,25,26). The van der Waals surface area contributed by atoms with Crippen molar-refractivity contribution in [2.45, 2.75) is 11.3 Å². The molecule has 0 aliphatic rings. The minimum absolute atomic E-state index is 0.000483. The third kappa shape index (κ3) is 5.10. The SMILES string of the molecule is O=C(Cc1cn2cc(Cl)ccc2n1)Nc1ccc(S(=O)(=O)Nc2ccc(Cl)nn2)cc1. The van der Waals surface area contributed by atoms with E-state index >= 15 is 0 Å². The summed E-state index contributed by atoms with van der Waals surface area (Å²) in [6, 6.07) is 12.0. The lowest BCUT2D eigenvalue weighted by molar-refractivity contribution is -0.115. The number of amides is 1. The minimum atomic E-state index is -3.87. The van der Waals surface area contributed by atoms with E-state index in [9.17, 15) is 13.2 Å². The van der Waals surface area contributed by atoms with E-state index in [4.69, 9.17) is 23.2 Å². The summed E-state index contributed by atoms with van der Waals surface area (Å²) in [4.78, 5) is 16.7. The number of halogens is 2.